The van der Waals surface area contributed by atoms with Crippen molar-refractivity contribution in [1.82, 2.24) is 4.90 Å². The fourth-order valence-electron chi connectivity index (χ4n) is 4.55. The minimum atomic E-state index is -1.11. The molecule has 4 rings (SSSR count). The standard InChI is InChI=1S/C28H29NO4/c1-28(26(30)31,24-16-14-23(15-17-24)22-11-6-3-7-12-22)19-25-13-8-18-29(25)27(32)33-20-21-9-4-2-5-10-21/h2-7,9-12,14-17,25H,8,13,18-20H2,1H3,(H,30,31). The highest BCUT2D eigenvalue weighted by molar-refractivity contribution is 5.81. The van der Waals surface area contributed by atoms with Gasteiger partial charge in [0, 0.05) is 12.6 Å². The van der Waals surface area contributed by atoms with Crippen molar-refractivity contribution in [2.45, 2.75) is 44.2 Å². The molecule has 5 heteroatoms. The topological polar surface area (TPSA) is 66.8 Å². The number of hydrogen-bond acceptors (Lipinski definition) is 3. The molecule has 1 aliphatic rings. The number of benzene rings is 3. The van der Waals surface area contributed by atoms with Crippen molar-refractivity contribution in [2.75, 3.05) is 6.54 Å². The van der Waals surface area contributed by atoms with Gasteiger partial charge in [0.25, 0.3) is 0 Å². The van der Waals surface area contributed by atoms with Crippen molar-refractivity contribution in [3.8, 4) is 11.1 Å². The molecule has 0 bridgehead atoms. The van der Waals surface area contributed by atoms with Crippen LogP contribution in [-0.4, -0.2) is 34.7 Å². The van der Waals surface area contributed by atoms with E-state index in [1.54, 1.807) is 11.8 Å². The number of rotatable bonds is 7. The molecule has 2 atom stereocenters. The first-order valence-electron chi connectivity index (χ1n) is 11.3. The quantitative estimate of drug-likeness (QED) is 0.495. The van der Waals surface area contributed by atoms with Crippen LogP contribution >= 0.6 is 0 Å². The Morgan fingerprint density at radius 1 is 0.939 bits per heavy atom. The molecular formula is C28H29NO4. The van der Waals surface area contributed by atoms with Gasteiger partial charge in [0.15, 0.2) is 0 Å². The fourth-order valence-corrected chi connectivity index (χ4v) is 4.55. The molecule has 2 unspecified atom stereocenters. The van der Waals surface area contributed by atoms with E-state index in [1.807, 2.05) is 84.9 Å². The van der Waals surface area contributed by atoms with Crippen LogP contribution in [0.3, 0.4) is 0 Å². The lowest BCUT2D eigenvalue weighted by atomic mass is 9.76. The SMILES string of the molecule is CC(CC1CCCN1C(=O)OCc1ccccc1)(C(=O)O)c1ccc(-c2ccccc2)cc1. The number of aliphatic carboxylic acids is 1. The van der Waals surface area contributed by atoms with E-state index in [1.165, 1.54) is 0 Å². The van der Waals surface area contributed by atoms with E-state index >= 15 is 0 Å². The molecule has 0 radical (unpaired) electrons. The highest BCUT2D eigenvalue weighted by atomic mass is 16.6. The van der Waals surface area contributed by atoms with Gasteiger partial charge < -0.3 is 14.7 Å². The highest BCUT2D eigenvalue weighted by Crippen LogP contribution is 2.36. The lowest BCUT2D eigenvalue weighted by Crippen LogP contribution is -2.43. The van der Waals surface area contributed by atoms with Crippen molar-refractivity contribution in [3.63, 3.8) is 0 Å². The molecule has 1 heterocycles. The van der Waals surface area contributed by atoms with Crippen LogP contribution in [0.1, 0.15) is 37.3 Å². The summed E-state index contributed by atoms with van der Waals surface area (Å²) in [6.07, 6.45) is 1.57. The summed E-state index contributed by atoms with van der Waals surface area (Å²) < 4.78 is 5.53. The van der Waals surface area contributed by atoms with Crippen LogP contribution in [0, 0.1) is 0 Å². The third-order valence-corrected chi connectivity index (χ3v) is 6.56. The van der Waals surface area contributed by atoms with Gasteiger partial charge in [-0.25, -0.2) is 4.79 Å². The average Bonchev–Trinajstić information content (AvgIpc) is 3.31. The largest absolute Gasteiger partial charge is 0.481 e. The summed E-state index contributed by atoms with van der Waals surface area (Å²) in [7, 11) is 0. The molecule has 0 aliphatic carbocycles. The van der Waals surface area contributed by atoms with Gasteiger partial charge in [-0.2, -0.15) is 0 Å². The number of carbonyl (C=O) groups excluding carboxylic acids is 1. The van der Waals surface area contributed by atoms with Crippen molar-refractivity contribution < 1.29 is 19.4 Å². The van der Waals surface area contributed by atoms with Gasteiger partial charge in [0.05, 0.1) is 5.41 Å². The van der Waals surface area contributed by atoms with Crippen LogP contribution < -0.4 is 0 Å². The number of carboxylic acid groups (broad SMARTS) is 1. The third kappa shape index (κ3) is 5.08. The van der Waals surface area contributed by atoms with E-state index < -0.39 is 11.4 Å². The second-order valence-corrected chi connectivity index (χ2v) is 8.81. The number of carboxylic acids is 1. The van der Waals surface area contributed by atoms with Crippen LogP contribution in [-0.2, 0) is 21.6 Å². The van der Waals surface area contributed by atoms with Crippen molar-refractivity contribution in [2.24, 2.45) is 0 Å². The number of hydrogen-bond donors (Lipinski definition) is 1. The molecule has 5 nitrogen and oxygen atoms in total. The summed E-state index contributed by atoms with van der Waals surface area (Å²) in [5.41, 5.74) is 2.68. The Morgan fingerprint density at radius 2 is 1.55 bits per heavy atom. The van der Waals surface area contributed by atoms with Crippen LogP contribution in [0.5, 0.6) is 0 Å². The minimum Gasteiger partial charge on any atom is -0.481 e. The molecule has 0 saturated carbocycles. The normalized spacial score (nSPS) is 17.4. The molecule has 1 N–H and O–H groups in total. The molecular weight excluding hydrogens is 414 g/mol. The molecule has 0 spiro atoms. The molecule has 3 aromatic rings. The molecule has 1 fully saturated rings. The molecule has 3 aromatic carbocycles. The lowest BCUT2D eigenvalue weighted by molar-refractivity contribution is -0.144. The van der Waals surface area contributed by atoms with Crippen LogP contribution in [0.4, 0.5) is 4.79 Å². The Balaban J connectivity index is 1.48. The predicted molar refractivity (Wildman–Crippen MR) is 128 cm³/mol. The van der Waals surface area contributed by atoms with Crippen LogP contribution in [0.2, 0.25) is 0 Å². The maximum atomic E-state index is 12.8. The number of ether oxygens (including phenoxy) is 1. The van der Waals surface area contributed by atoms with E-state index in [0.717, 1.165) is 35.1 Å². The first kappa shape index (κ1) is 22.6. The molecule has 1 amide bonds. The van der Waals surface area contributed by atoms with Gasteiger partial charge in [-0.3, -0.25) is 4.79 Å². The lowest BCUT2D eigenvalue weighted by Gasteiger charge is -2.32. The van der Waals surface area contributed by atoms with Gasteiger partial charge >= 0.3 is 12.1 Å². The maximum Gasteiger partial charge on any atom is 0.410 e. The van der Waals surface area contributed by atoms with Gasteiger partial charge in [0.1, 0.15) is 6.61 Å². The number of carbonyl (C=O) groups is 2. The zero-order valence-electron chi connectivity index (χ0n) is 18.8. The minimum absolute atomic E-state index is 0.178. The summed E-state index contributed by atoms with van der Waals surface area (Å²) in [4.78, 5) is 26.9. The van der Waals surface area contributed by atoms with Crippen molar-refractivity contribution in [3.05, 3.63) is 96.1 Å². The first-order valence-corrected chi connectivity index (χ1v) is 11.3. The Labute approximate surface area is 194 Å². The van der Waals surface area contributed by atoms with Gasteiger partial charge in [-0.1, -0.05) is 84.9 Å². The Kier molecular flexibility index (Phi) is 6.78. The van der Waals surface area contributed by atoms with E-state index in [9.17, 15) is 14.7 Å². The number of nitrogens with zero attached hydrogens (tertiary/aromatic N) is 1. The Hall–Kier alpha value is -3.60. The maximum absolute atomic E-state index is 12.8. The van der Waals surface area contributed by atoms with E-state index in [4.69, 9.17) is 4.74 Å². The average molecular weight is 444 g/mol. The predicted octanol–water partition coefficient (Wildman–Crippen LogP) is 5.89. The van der Waals surface area contributed by atoms with Crippen LogP contribution in [0.25, 0.3) is 11.1 Å². The second kappa shape index (κ2) is 9.90. The second-order valence-electron chi connectivity index (χ2n) is 8.81. The van der Waals surface area contributed by atoms with Crippen molar-refractivity contribution in [1.29, 1.82) is 0 Å². The van der Waals surface area contributed by atoms with Gasteiger partial charge in [-0.15, -0.1) is 0 Å². The van der Waals surface area contributed by atoms with E-state index in [0.29, 0.717) is 13.0 Å². The van der Waals surface area contributed by atoms with Crippen molar-refractivity contribution >= 4 is 12.1 Å². The Bertz CT molecular complexity index is 1080. The fraction of sp³-hybridized carbons (Fsp3) is 0.286. The summed E-state index contributed by atoms with van der Waals surface area (Å²) in [6, 6.07) is 27.1. The molecule has 33 heavy (non-hydrogen) atoms. The zero-order chi connectivity index (χ0) is 23.3. The summed E-state index contributed by atoms with van der Waals surface area (Å²) >= 11 is 0. The van der Waals surface area contributed by atoms with Gasteiger partial charge in [0.2, 0.25) is 0 Å². The third-order valence-electron chi connectivity index (χ3n) is 6.56. The first-order chi connectivity index (χ1) is 16.0. The molecule has 170 valence electrons. The molecule has 1 aliphatic heterocycles. The summed E-state index contributed by atoms with van der Waals surface area (Å²) in [5, 5.41) is 10.2. The van der Waals surface area contributed by atoms with Gasteiger partial charge in [-0.05, 0) is 48.4 Å². The molecule has 1 saturated heterocycles. The number of amides is 1. The molecule has 0 aromatic heterocycles. The summed E-state index contributed by atoms with van der Waals surface area (Å²) in [6.45, 7) is 2.54. The highest BCUT2D eigenvalue weighted by Gasteiger charge is 2.42. The van der Waals surface area contributed by atoms with Crippen LogP contribution in [0.15, 0.2) is 84.9 Å². The van der Waals surface area contributed by atoms with E-state index in [-0.39, 0.29) is 18.7 Å². The smallest absolute Gasteiger partial charge is 0.410 e. The monoisotopic (exact) mass is 443 g/mol. The zero-order valence-corrected chi connectivity index (χ0v) is 18.8. The summed E-state index contributed by atoms with van der Waals surface area (Å²) in [5.74, 6) is -0.889. The van der Waals surface area contributed by atoms with E-state index in [2.05, 4.69) is 0 Å². The number of likely N-dealkylation sites (tertiary alicyclic amines) is 1. The Morgan fingerprint density at radius 3 is 2.18 bits per heavy atom.